The SMILES string of the molecule is CCN(CCC(=O)Nc1ccccc1-c1ccccc1)C(C)c1cccc(OC)c1. The number of carbonyl (C=O) groups excluding carboxylic acids is 1. The molecule has 1 atom stereocenters. The van der Waals surface area contributed by atoms with Crippen molar-refractivity contribution in [1.29, 1.82) is 0 Å². The number of methoxy groups -OCH3 is 1. The number of para-hydroxylation sites is 1. The molecule has 3 rings (SSSR count). The number of hydrogen-bond acceptors (Lipinski definition) is 3. The van der Waals surface area contributed by atoms with Crippen LogP contribution in [0.3, 0.4) is 0 Å². The van der Waals surface area contributed by atoms with Crippen LogP contribution in [0.4, 0.5) is 5.69 Å². The van der Waals surface area contributed by atoms with Crippen LogP contribution in [0.25, 0.3) is 11.1 Å². The second kappa shape index (κ2) is 10.6. The van der Waals surface area contributed by atoms with Crippen molar-refractivity contribution in [3.05, 3.63) is 84.4 Å². The van der Waals surface area contributed by atoms with Gasteiger partial charge < -0.3 is 10.1 Å². The molecule has 0 fully saturated rings. The summed E-state index contributed by atoms with van der Waals surface area (Å²) in [6.07, 6.45) is 0.436. The molecule has 3 aromatic rings. The molecular weight excluding hydrogens is 372 g/mol. The molecule has 3 aromatic carbocycles. The van der Waals surface area contributed by atoms with Gasteiger partial charge in [-0.3, -0.25) is 9.69 Å². The van der Waals surface area contributed by atoms with Gasteiger partial charge in [-0.05, 0) is 42.8 Å². The summed E-state index contributed by atoms with van der Waals surface area (Å²) in [6.45, 7) is 5.85. The molecule has 156 valence electrons. The average molecular weight is 403 g/mol. The molecule has 0 aromatic heterocycles. The van der Waals surface area contributed by atoms with E-state index in [1.54, 1.807) is 7.11 Å². The van der Waals surface area contributed by atoms with Crippen molar-refractivity contribution in [3.63, 3.8) is 0 Å². The van der Waals surface area contributed by atoms with E-state index < -0.39 is 0 Å². The van der Waals surface area contributed by atoms with Gasteiger partial charge in [0.2, 0.25) is 5.91 Å². The Kier molecular flexibility index (Phi) is 7.63. The van der Waals surface area contributed by atoms with Crippen LogP contribution in [0.1, 0.15) is 31.9 Å². The zero-order valence-corrected chi connectivity index (χ0v) is 18.0. The summed E-state index contributed by atoms with van der Waals surface area (Å²) in [7, 11) is 1.68. The van der Waals surface area contributed by atoms with E-state index in [1.165, 1.54) is 5.56 Å². The minimum absolute atomic E-state index is 0.0228. The first-order chi connectivity index (χ1) is 14.6. The minimum atomic E-state index is 0.0228. The molecule has 0 saturated carbocycles. The quantitative estimate of drug-likeness (QED) is 0.494. The smallest absolute Gasteiger partial charge is 0.225 e. The molecule has 0 aliphatic heterocycles. The van der Waals surface area contributed by atoms with Gasteiger partial charge in [-0.15, -0.1) is 0 Å². The minimum Gasteiger partial charge on any atom is -0.497 e. The van der Waals surface area contributed by atoms with Crippen LogP contribution >= 0.6 is 0 Å². The molecule has 0 radical (unpaired) electrons. The molecule has 0 bridgehead atoms. The van der Waals surface area contributed by atoms with Crippen molar-refractivity contribution in [2.24, 2.45) is 0 Å². The predicted molar refractivity (Wildman–Crippen MR) is 124 cm³/mol. The van der Waals surface area contributed by atoms with E-state index >= 15 is 0 Å². The maximum atomic E-state index is 12.7. The first-order valence-corrected chi connectivity index (χ1v) is 10.4. The van der Waals surface area contributed by atoms with Crippen LogP contribution in [-0.4, -0.2) is 31.0 Å². The number of amides is 1. The van der Waals surface area contributed by atoms with Gasteiger partial charge in [0.25, 0.3) is 0 Å². The number of carbonyl (C=O) groups is 1. The van der Waals surface area contributed by atoms with Crippen molar-refractivity contribution >= 4 is 11.6 Å². The Labute approximate surface area is 179 Å². The Morgan fingerprint density at radius 2 is 1.73 bits per heavy atom. The largest absolute Gasteiger partial charge is 0.497 e. The van der Waals surface area contributed by atoms with Gasteiger partial charge in [-0.25, -0.2) is 0 Å². The monoisotopic (exact) mass is 402 g/mol. The van der Waals surface area contributed by atoms with E-state index in [9.17, 15) is 4.79 Å². The molecule has 4 heteroatoms. The molecule has 1 unspecified atom stereocenters. The van der Waals surface area contributed by atoms with Gasteiger partial charge in [-0.1, -0.05) is 67.6 Å². The molecule has 0 spiro atoms. The number of rotatable bonds is 9. The van der Waals surface area contributed by atoms with Gasteiger partial charge >= 0.3 is 0 Å². The standard InChI is InChI=1S/C26H30N2O2/c1-4-28(20(2)22-13-10-14-23(19-22)30-3)18-17-26(29)27-25-16-9-8-15-24(25)21-11-6-5-7-12-21/h5-16,19-20H,4,17-18H2,1-3H3,(H,27,29). The Hall–Kier alpha value is -3.11. The van der Waals surface area contributed by atoms with Crippen LogP contribution in [0.5, 0.6) is 5.75 Å². The Morgan fingerprint density at radius 1 is 1.00 bits per heavy atom. The highest BCUT2D eigenvalue weighted by Crippen LogP contribution is 2.28. The first kappa shape index (κ1) is 21.6. The Morgan fingerprint density at radius 3 is 2.47 bits per heavy atom. The fourth-order valence-corrected chi connectivity index (χ4v) is 3.66. The fourth-order valence-electron chi connectivity index (χ4n) is 3.66. The lowest BCUT2D eigenvalue weighted by Crippen LogP contribution is -2.30. The van der Waals surface area contributed by atoms with E-state index in [2.05, 4.69) is 48.3 Å². The third-order valence-electron chi connectivity index (χ3n) is 5.44. The number of hydrogen-bond donors (Lipinski definition) is 1. The van der Waals surface area contributed by atoms with E-state index in [0.29, 0.717) is 13.0 Å². The van der Waals surface area contributed by atoms with Gasteiger partial charge in [0.05, 0.1) is 7.11 Å². The first-order valence-electron chi connectivity index (χ1n) is 10.4. The summed E-state index contributed by atoms with van der Waals surface area (Å²) in [5, 5.41) is 3.10. The van der Waals surface area contributed by atoms with Crippen molar-refractivity contribution < 1.29 is 9.53 Å². The second-order valence-electron chi connectivity index (χ2n) is 7.29. The average Bonchev–Trinajstić information content (AvgIpc) is 2.80. The lowest BCUT2D eigenvalue weighted by molar-refractivity contribution is -0.116. The second-order valence-corrected chi connectivity index (χ2v) is 7.29. The number of benzene rings is 3. The highest BCUT2D eigenvalue weighted by molar-refractivity contribution is 5.95. The molecule has 1 amide bonds. The number of ether oxygens (including phenoxy) is 1. The van der Waals surface area contributed by atoms with Gasteiger partial charge in [0, 0.05) is 30.3 Å². The van der Waals surface area contributed by atoms with E-state index in [1.807, 2.05) is 54.6 Å². The van der Waals surface area contributed by atoms with Crippen LogP contribution < -0.4 is 10.1 Å². The molecule has 30 heavy (non-hydrogen) atoms. The third kappa shape index (κ3) is 5.49. The lowest BCUT2D eigenvalue weighted by Gasteiger charge is -2.28. The summed E-state index contributed by atoms with van der Waals surface area (Å²) in [6, 6.07) is 26.4. The number of nitrogens with zero attached hydrogens (tertiary/aromatic N) is 1. The zero-order valence-electron chi connectivity index (χ0n) is 18.0. The highest BCUT2D eigenvalue weighted by atomic mass is 16.5. The number of anilines is 1. The van der Waals surface area contributed by atoms with E-state index in [-0.39, 0.29) is 11.9 Å². The molecular formula is C26H30N2O2. The number of nitrogens with one attached hydrogen (secondary N) is 1. The van der Waals surface area contributed by atoms with Crippen molar-refractivity contribution in [2.75, 3.05) is 25.5 Å². The summed E-state index contributed by atoms with van der Waals surface area (Å²) in [5.41, 5.74) is 4.16. The summed E-state index contributed by atoms with van der Waals surface area (Å²) in [5.74, 6) is 0.875. The van der Waals surface area contributed by atoms with Gasteiger partial charge in [-0.2, -0.15) is 0 Å². The van der Waals surface area contributed by atoms with Crippen LogP contribution in [-0.2, 0) is 4.79 Å². The highest BCUT2D eigenvalue weighted by Gasteiger charge is 2.16. The molecule has 0 aliphatic carbocycles. The molecule has 0 heterocycles. The molecule has 4 nitrogen and oxygen atoms in total. The van der Waals surface area contributed by atoms with Crippen molar-refractivity contribution in [2.45, 2.75) is 26.3 Å². The summed E-state index contributed by atoms with van der Waals surface area (Å²) in [4.78, 5) is 15.0. The molecule has 0 aliphatic rings. The summed E-state index contributed by atoms with van der Waals surface area (Å²) < 4.78 is 5.35. The maximum Gasteiger partial charge on any atom is 0.225 e. The zero-order chi connectivity index (χ0) is 21.3. The molecule has 0 saturated heterocycles. The molecule has 1 N–H and O–H groups in total. The summed E-state index contributed by atoms with van der Waals surface area (Å²) >= 11 is 0. The lowest BCUT2D eigenvalue weighted by atomic mass is 10.0. The van der Waals surface area contributed by atoms with Crippen molar-refractivity contribution in [1.82, 2.24) is 4.90 Å². The van der Waals surface area contributed by atoms with E-state index in [0.717, 1.165) is 29.1 Å². The maximum absolute atomic E-state index is 12.7. The van der Waals surface area contributed by atoms with Crippen LogP contribution in [0, 0.1) is 0 Å². The van der Waals surface area contributed by atoms with Crippen molar-refractivity contribution in [3.8, 4) is 16.9 Å². The predicted octanol–water partition coefficient (Wildman–Crippen LogP) is 5.77. The normalized spacial score (nSPS) is 11.9. The Bertz CT molecular complexity index is 956. The Balaban J connectivity index is 1.64. The topological polar surface area (TPSA) is 41.6 Å². The fraction of sp³-hybridized carbons (Fsp3) is 0.269. The van der Waals surface area contributed by atoms with Crippen LogP contribution in [0.2, 0.25) is 0 Å². The van der Waals surface area contributed by atoms with Gasteiger partial charge in [0.1, 0.15) is 5.75 Å². The van der Waals surface area contributed by atoms with Crippen LogP contribution in [0.15, 0.2) is 78.9 Å². The van der Waals surface area contributed by atoms with Gasteiger partial charge in [0.15, 0.2) is 0 Å². The van der Waals surface area contributed by atoms with E-state index in [4.69, 9.17) is 4.74 Å². The third-order valence-corrected chi connectivity index (χ3v) is 5.44.